The van der Waals surface area contributed by atoms with Gasteiger partial charge in [0.2, 0.25) is 0 Å². The van der Waals surface area contributed by atoms with Crippen LogP contribution in [0.3, 0.4) is 0 Å². The SMILES string of the molecule is CC(NC(C)N(C)C)N(C)C. The van der Waals surface area contributed by atoms with E-state index in [4.69, 9.17) is 0 Å². The van der Waals surface area contributed by atoms with Crippen LogP contribution in [0, 0.1) is 0 Å². The van der Waals surface area contributed by atoms with Crippen molar-refractivity contribution in [2.24, 2.45) is 0 Å². The Morgan fingerprint density at radius 1 is 0.818 bits per heavy atom. The average Bonchev–Trinajstić information content (AvgIpc) is 1.87. The van der Waals surface area contributed by atoms with Gasteiger partial charge in [-0.2, -0.15) is 0 Å². The molecule has 1 N–H and O–H groups in total. The minimum absolute atomic E-state index is 0.424. The molecule has 0 spiro atoms. The highest BCUT2D eigenvalue weighted by Gasteiger charge is 2.09. The third kappa shape index (κ3) is 4.35. The lowest BCUT2D eigenvalue weighted by molar-refractivity contribution is 0.176. The molecular formula is C8H21N3. The molecule has 0 amide bonds. The van der Waals surface area contributed by atoms with E-state index in [-0.39, 0.29) is 0 Å². The van der Waals surface area contributed by atoms with Gasteiger partial charge in [-0.1, -0.05) is 0 Å². The molecular weight excluding hydrogens is 138 g/mol. The molecule has 68 valence electrons. The van der Waals surface area contributed by atoms with Crippen LogP contribution in [0.25, 0.3) is 0 Å². The maximum Gasteiger partial charge on any atom is 0.0574 e. The molecule has 0 aromatic heterocycles. The van der Waals surface area contributed by atoms with Gasteiger partial charge in [0, 0.05) is 0 Å². The first-order valence-electron chi connectivity index (χ1n) is 4.04. The van der Waals surface area contributed by atoms with E-state index in [1.54, 1.807) is 0 Å². The van der Waals surface area contributed by atoms with Crippen molar-refractivity contribution in [2.75, 3.05) is 28.2 Å². The Balaban J connectivity index is 3.66. The zero-order chi connectivity index (χ0) is 9.02. The van der Waals surface area contributed by atoms with Crippen molar-refractivity contribution in [3.8, 4) is 0 Å². The molecule has 0 aliphatic carbocycles. The van der Waals surface area contributed by atoms with Gasteiger partial charge in [0.25, 0.3) is 0 Å². The molecule has 0 rings (SSSR count). The molecule has 0 saturated heterocycles. The van der Waals surface area contributed by atoms with E-state index in [9.17, 15) is 0 Å². The standard InChI is InChI=1S/C8H21N3/c1-7(10(3)4)9-8(2)11(5)6/h7-9H,1-6H3. The van der Waals surface area contributed by atoms with Crippen LogP contribution in [-0.4, -0.2) is 50.3 Å². The number of rotatable bonds is 4. The molecule has 0 aromatic carbocycles. The molecule has 11 heavy (non-hydrogen) atoms. The number of hydrogen-bond donors (Lipinski definition) is 1. The minimum atomic E-state index is 0.424. The van der Waals surface area contributed by atoms with Crippen LogP contribution < -0.4 is 5.32 Å². The summed E-state index contributed by atoms with van der Waals surface area (Å²) in [6, 6.07) is 0. The first-order valence-corrected chi connectivity index (χ1v) is 4.04. The lowest BCUT2D eigenvalue weighted by Gasteiger charge is -2.29. The minimum Gasteiger partial charge on any atom is -0.294 e. The first-order chi connectivity index (χ1) is 4.95. The van der Waals surface area contributed by atoms with Gasteiger partial charge >= 0.3 is 0 Å². The maximum absolute atomic E-state index is 3.43. The van der Waals surface area contributed by atoms with Crippen molar-refractivity contribution < 1.29 is 0 Å². The number of nitrogens with zero attached hydrogens (tertiary/aromatic N) is 2. The zero-order valence-electron chi connectivity index (χ0n) is 8.55. The lowest BCUT2D eigenvalue weighted by atomic mass is 10.4. The normalized spacial score (nSPS) is 17.5. The molecule has 0 aromatic rings. The van der Waals surface area contributed by atoms with E-state index in [0.717, 1.165) is 0 Å². The van der Waals surface area contributed by atoms with Crippen molar-refractivity contribution in [3.05, 3.63) is 0 Å². The second-order valence-corrected chi connectivity index (χ2v) is 3.45. The molecule has 0 aliphatic rings. The summed E-state index contributed by atoms with van der Waals surface area (Å²) in [5, 5.41) is 3.43. The zero-order valence-corrected chi connectivity index (χ0v) is 8.55. The quantitative estimate of drug-likeness (QED) is 0.599. The number of hydrogen-bond acceptors (Lipinski definition) is 3. The molecule has 0 saturated carbocycles. The highest BCUT2D eigenvalue weighted by molar-refractivity contribution is 4.62. The fraction of sp³-hybridized carbons (Fsp3) is 1.00. The molecule has 0 aliphatic heterocycles. The van der Waals surface area contributed by atoms with E-state index in [1.165, 1.54) is 0 Å². The molecule has 2 atom stereocenters. The van der Waals surface area contributed by atoms with E-state index in [2.05, 4.69) is 57.2 Å². The molecule has 3 heteroatoms. The highest BCUT2D eigenvalue weighted by Crippen LogP contribution is 1.91. The molecule has 0 heterocycles. The second-order valence-electron chi connectivity index (χ2n) is 3.45. The summed E-state index contributed by atoms with van der Waals surface area (Å²) in [5.41, 5.74) is 0. The summed E-state index contributed by atoms with van der Waals surface area (Å²) in [4.78, 5) is 4.31. The van der Waals surface area contributed by atoms with Crippen molar-refractivity contribution in [3.63, 3.8) is 0 Å². The molecule has 0 radical (unpaired) electrons. The van der Waals surface area contributed by atoms with Gasteiger partial charge in [-0.15, -0.1) is 0 Å². The van der Waals surface area contributed by atoms with Crippen molar-refractivity contribution in [2.45, 2.75) is 26.2 Å². The average molecular weight is 159 g/mol. The largest absolute Gasteiger partial charge is 0.294 e. The van der Waals surface area contributed by atoms with E-state index in [0.29, 0.717) is 12.3 Å². The summed E-state index contributed by atoms with van der Waals surface area (Å²) >= 11 is 0. The van der Waals surface area contributed by atoms with Crippen LogP contribution >= 0.6 is 0 Å². The summed E-state index contributed by atoms with van der Waals surface area (Å²) in [5.74, 6) is 0. The number of nitrogens with one attached hydrogen (secondary N) is 1. The smallest absolute Gasteiger partial charge is 0.0574 e. The lowest BCUT2D eigenvalue weighted by Crippen LogP contribution is -2.48. The predicted octanol–water partition coefficient (Wildman–Crippen LogP) is 0.391. The van der Waals surface area contributed by atoms with Gasteiger partial charge in [0.05, 0.1) is 12.3 Å². The van der Waals surface area contributed by atoms with E-state index >= 15 is 0 Å². The fourth-order valence-electron chi connectivity index (χ4n) is 0.647. The van der Waals surface area contributed by atoms with Crippen molar-refractivity contribution >= 4 is 0 Å². The van der Waals surface area contributed by atoms with Gasteiger partial charge in [0.15, 0.2) is 0 Å². The van der Waals surface area contributed by atoms with E-state index in [1.807, 2.05) is 0 Å². The molecule has 3 nitrogen and oxygen atoms in total. The van der Waals surface area contributed by atoms with Gasteiger partial charge in [0.1, 0.15) is 0 Å². The fourth-order valence-corrected chi connectivity index (χ4v) is 0.647. The molecule has 0 fully saturated rings. The maximum atomic E-state index is 3.43. The van der Waals surface area contributed by atoms with Crippen LogP contribution in [0.5, 0.6) is 0 Å². The summed E-state index contributed by atoms with van der Waals surface area (Å²) < 4.78 is 0. The highest BCUT2D eigenvalue weighted by atomic mass is 15.3. The summed E-state index contributed by atoms with van der Waals surface area (Å²) in [6.45, 7) is 4.31. The Hall–Kier alpha value is -0.120. The van der Waals surface area contributed by atoms with Crippen LogP contribution in [-0.2, 0) is 0 Å². The molecule has 0 bridgehead atoms. The second kappa shape index (κ2) is 4.70. The van der Waals surface area contributed by atoms with Gasteiger partial charge in [-0.25, -0.2) is 0 Å². The Kier molecular flexibility index (Phi) is 4.65. The Morgan fingerprint density at radius 3 is 1.27 bits per heavy atom. The van der Waals surface area contributed by atoms with Gasteiger partial charge in [-0.3, -0.25) is 15.1 Å². The summed E-state index contributed by atoms with van der Waals surface area (Å²) in [7, 11) is 8.28. The third-order valence-corrected chi connectivity index (χ3v) is 2.03. The topological polar surface area (TPSA) is 18.5 Å². The van der Waals surface area contributed by atoms with Gasteiger partial charge < -0.3 is 0 Å². The Morgan fingerprint density at radius 2 is 1.09 bits per heavy atom. The third-order valence-electron chi connectivity index (χ3n) is 2.03. The van der Waals surface area contributed by atoms with Crippen LogP contribution in [0.15, 0.2) is 0 Å². The van der Waals surface area contributed by atoms with Crippen molar-refractivity contribution in [1.82, 2.24) is 15.1 Å². The first kappa shape index (κ1) is 10.9. The summed E-state index contributed by atoms with van der Waals surface area (Å²) in [6.07, 6.45) is 0.847. The Bertz CT molecular complexity index is 89.5. The van der Waals surface area contributed by atoms with Crippen LogP contribution in [0.1, 0.15) is 13.8 Å². The predicted molar refractivity (Wildman–Crippen MR) is 49.4 cm³/mol. The molecule has 2 unspecified atom stereocenters. The van der Waals surface area contributed by atoms with E-state index < -0.39 is 0 Å². The van der Waals surface area contributed by atoms with Crippen LogP contribution in [0.2, 0.25) is 0 Å². The Labute approximate surface area is 70.4 Å². The van der Waals surface area contributed by atoms with Crippen LogP contribution in [0.4, 0.5) is 0 Å². The van der Waals surface area contributed by atoms with Crippen molar-refractivity contribution in [1.29, 1.82) is 0 Å². The van der Waals surface area contributed by atoms with Gasteiger partial charge in [-0.05, 0) is 42.0 Å². The monoisotopic (exact) mass is 159 g/mol.